The summed E-state index contributed by atoms with van der Waals surface area (Å²) >= 11 is 0. The molecule has 2 aliphatic heterocycles. The molecule has 4 rings (SSSR count). The smallest absolute Gasteiger partial charge is 0.369 e. The fourth-order valence-corrected chi connectivity index (χ4v) is 4.85. The number of nitrogens with zero attached hydrogens (tertiary/aromatic N) is 1. The van der Waals surface area contributed by atoms with E-state index in [9.17, 15) is 18.8 Å². The first-order valence-corrected chi connectivity index (χ1v) is 9.45. The molecule has 0 radical (unpaired) electrons. The van der Waals surface area contributed by atoms with Crippen LogP contribution in [0.3, 0.4) is 0 Å². The molecule has 2 N–H and O–H groups in total. The van der Waals surface area contributed by atoms with Gasteiger partial charge in [-0.25, -0.2) is 9.18 Å². The molecule has 2 amide bonds. The minimum atomic E-state index is -1.36. The number of halogens is 1. The minimum Gasteiger partial charge on any atom is -0.464 e. The second-order valence-corrected chi connectivity index (χ2v) is 7.65. The summed E-state index contributed by atoms with van der Waals surface area (Å²) in [6.45, 7) is 0. The first-order valence-electron chi connectivity index (χ1n) is 9.45. The minimum absolute atomic E-state index is 0.194. The summed E-state index contributed by atoms with van der Waals surface area (Å²) in [6, 6.07) is 14.7. The molecule has 150 valence electrons. The number of hydrogen-bond acceptors (Lipinski definition) is 4. The highest BCUT2D eigenvalue weighted by atomic mass is 19.1. The number of benzene rings is 2. The lowest BCUT2D eigenvalue weighted by atomic mass is 9.76. The lowest BCUT2D eigenvalue weighted by molar-refractivity contribution is -0.734. The SMILES string of the molecule is COC(=O)[C@]1(Cc2ccccc2)[NH2+][C@H](c2ccccc2F)[C@@H]2C(=O)N(C)C(=O)[C@H]21. The van der Waals surface area contributed by atoms with Crippen molar-refractivity contribution >= 4 is 17.8 Å². The number of imide groups is 1. The zero-order valence-electron chi connectivity index (χ0n) is 16.2. The number of carbonyl (C=O) groups is 3. The molecule has 2 aromatic carbocycles. The third kappa shape index (κ3) is 2.84. The van der Waals surface area contributed by atoms with Gasteiger partial charge in [-0.3, -0.25) is 14.5 Å². The van der Waals surface area contributed by atoms with Crippen LogP contribution in [-0.2, 0) is 25.5 Å². The molecule has 0 aromatic heterocycles. The Morgan fingerprint density at radius 2 is 1.76 bits per heavy atom. The van der Waals surface area contributed by atoms with Crippen LogP contribution in [0.25, 0.3) is 0 Å². The average molecular weight is 397 g/mol. The Balaban J connectivity index is 1.88. The van der Waals surface area contributed by atoms with Crippen molar-refractivity contribution in [3.63, 3.8) is 0 Å². The van der Waals surface area contributed by atoms with Gasteiger partial charge < -0.3 is 10.1 Å². The van der Waals surface area contributed by atoms with Gasteiger partial charge in [0.1, 0.15) is 23.7 Å². The number of quaternary nitrogens is 1. The van der Waals surface area contributed by atoms with E-state index in [0.29, 0.717) is 5.56 Å². The van der Waals surface area contributed by atoms with E-state index in [0.717, 1.165) is 10.5 Å². The van der Waals surface area contributed by atoms with Gasteiger partial charge in [-0.2, -0.15) is 0 Å². The van der Waals surface area contributed by atoms with Crippen molar-refractivity contribution in [1.82, 2.24) is 4.90 Å². The van der Waals surface area contributed by atoms with Gasteiger partial charge in [-0.05, 0) is 11.6 Å². The predicted octanol–water partition coefficient (Wildman–Crippen LogP) is 0.829. The first-order chi connectivity index (χ1) is 13.9. The third-order valence-electron chi connectivity index (χ3n) is 6.16. The van der Waals surface area contributed by atoms with Crippen molar-refractivity contribution < 1.29 is 28.8 Å². The molecule has 0 unspecified atom stereocenters. The maximum absolute atomic E-state index is 14.6. The van der Waals surface area contributed by atoms with Gasteiger partial charge in [0.05, 0.1) is 7.11 Å². The number of hydrogen-bond donors (Lipinski definition) is 1. The van der Waals surface area contributed by atoms with Crippen LogP contribution in [0.1, 0.15) is 17.2 Å². The number of fused-ring (bicyclic) bond motifs is 1. The molecular weight excluding hydrogens is 375 g/mol. The molecule has 0 spiro atoms. The number of likely N-dealkylation sites (tertiary alicyclic amines) is 1. The van der Waals surface area contributed by atoms with Gasteiger partial charge in [-0.15, -0.1) is 0 Å². The van der Waals surface area contributed by atoms with E-state index in [-0.39, 0.29) is 6.42 Å². The molecule has 2 aromatic rings. The normalized spacial score (nSPS) is 28.5. The summed E-state index contributed by atoms with van der Waals surface area (Å²) in [4.78, 5) is 40.2. The van der Waals surface area contributed by atoms with E-state index in [2.05, 4.69) is 0 Å². The summed E-state index contributed by atoms with van der Waals surface area (Å²) < 4.78 is 19.7. The fourth-order valence-electron chi connectivity index (χ4n) is 4.85. The highest BCUT2D eigenvalue weighted by Crippen LogP contribution is 2.45. The Morgan fingerprint density at radius 1 is 1.10 bits per heavy atom. The van der Waals surface area contributed by atoms with Crippen LogP contribution in [-0.4, -0.2) is 42.4 Å². The van der Waals surface area contributed by atoms with Crippen LogP contribution >= 0.6 is 0 Å². The molecule has 0 bridgehead atoms. The van der Waals surface area contributed by atoms with Crippen molar-refractivity contribution in [3.05, 3.63) is 71.5 Å². The average Bonchev–Trinajstić information content (AvgIpc) is 3.18. The molecule has 7 heteroatoms. The number of amides is 2. The summed E-state index contributed by atoms with van der Waals surface area (Å²) in [5.74, 6) is -3.67. The van der Waals surface area contributed by atoms with Gasteiger partial charge in [0.25, 0.3) is 0 Å². The monoisotopic (exact) mass is 397 g/mol. The van der Waals surface area contributed by atoms with Gasteiger partial charge in [-0.1, -0.05) is 48.5 Å². The molecule has 4 atom stereocenters. The number of rotatable bonds is 4. The Hall–Kier alpha value is -3.06. The van der Waals surface area contributed by atoms with Crippen molar-refractivity contribution in [2.45, 2.75) is 18.0 Å². The van der Waals surface area contributed by atoms with E-state index in [4.69, 9.17) is 4.74 Å². The van der Waals surface area contributed by atoms with Crippen LogP contribution in [0.2, 0.25) is 0 Å². The zero-order chi connectivity index (χ0) is 20.8. The molecule has 0 aliphatic carbocycles. The Kier molecular flexibility index (Phi) is 4.70. The largest absolute Gasteiger partial charge is 0.464 e. The van der Waals surface area contributed by atoms with E-state index >= 15 is 0 Å². The molecule has 2 fully saturated rings. The second-order valence-electron chi connectivity index (χ2n) is 7.65. The fraction of sp³-hybridized carbons (Fsp3) is 0.318. The van der Waals surface area contributed by atoms with Crippen molar-refractivity contribution in [2.24, 2.45) is 11.8 Å². The van der Waals surface area contributed by atoms with Crippen LogP contribution < -0.4 is 5.32 Å². The Morgan fingerprint density at radius 3 is 2.41 bits per heavy atom. The van der Waals surface area contributed by atoms with Gasteiger partial charge in [0.15, 0.2) is 0 Å². The van der Waals surface area contributed by atoms with E-state index in [1.165, 1.54) is 20.2 Å². The summed E-state index contributed by atoms with van der Waals surface area (Å²) in [5.41, 5.74) is -0.222. The lowest BCUT2D eigenvalue weighted by Gasteiger charge is -2.29. The molecular formula is C22H22FN2O4+. The standard InChI is InChI=1S/C22H21FN2O4/c1-25-19(26)16-17(20(25)27)22(21(28)29-2,12-13-8-4-3-5-9-13)24-18(16)14-10-6-7-11-15(14)23/h3-11,16-18,24H,12H2,1-2H3/p+1/t16-,17+,18-,22-/m1/s1. The maximum Gasteiger partial charge on any atom is 0.369 e. The van der Waals surface area contributed by atoms with Gasteiger partial charge in [0.2, 0.25) is 17.4 Å². The van der Waals surface area contributed by atoms with E-state index in [1.807, 2.05) is 30.3 Å². The van der Waals surface area contributed by atoms with E-state index < -0.39 is 47.0 Å². The summed E-state index contributed by atoms with van der Waals surface area (Å²) in [6.07, 6.45) is 0.194. The molecule has 2 aliphatic rings. The molecule has 2 saturated heterocycles. The Labute approximate surface area is 167 Å². The predicted molar refractivity (Wildman–Crippen MR) is 101 cm³/mol. The highest BCUT2D eigenvalue weighted by Gasteiger charge is 2.72. The van der Waals surface area contributed by atoms with Gasteiger partial charge in [0, 0.05) is 19.0 Å². The second kappa shape index (κ2) is 7.08. The lowest BCUT2D eigenvalue weighted by Crippen LogP contribution is -2.98. The first kappa shape index (κ1) is 19.3. The Bertz CT molecular complexity index is 980. The quantitative estimate of drug-likeness (QED) is 0.612. The summed E-state index contributed by atoms with van der Waals surface area (Å²) in [7, 11) is 2.67. The van der Waals surface area contributed by atoms with E-state index in [1.54, 1.807) is 23.5 Å². The molecule has 6 nitrogen and oxygen atoms in total. The number of esters is 1. The number of nitrogens with two attached hydrogens (primary N) is 1. The molecule has 2 heterocycles. The van der Waals surface area contributed by atoms with Crippen LogP contribution in [0.4, 0.5) is 4.39 Å². The highest BCUT2D eigenvalue weighted by molar-refractivity contribution is 6.08. The number of methoxy groups -OCH3 is 1. The topological polar surface area (TPSA) is 80.3 Å². The third-order valence-corrected chi connectivity index (χ3v) is 6.16. The van der Waals surface area contributed by atoms with Crippen LogP contribution in [0.5, 0.6) is 0 Å². The molecule has 29 heavy (non-hydrogen) atoms. The van der Waals surface area contributed by atoms with Crippen molar-refractivity contribution in [3.8, 4) is 0 Å². The van der Waals surface area contributed by atoms with Crippen molar-refractivity contribution in [1.29, 1.82) is 0 Å². The van der Waals surface area contributed by atoms with Gasteiger partial charge >= 0.3 is 5.97 Å². The number of carbonyl (C=O) groups excluding carboxylic acids is 3. The zero-order valence-corrected chi connectivity index (χ0v) is 16.2. The number of ether oxygens (including phenoxy) is 1. The maximum atomic E-state index is 14.6. The summed E-state index contributed by atoms with van der Waals surface area (Å²) in [5, 5.41) is 1.67. The van der Waals surface area contributed by atoms with Crippen LogP contribution in [0.15, 0.2) is 54.6 Å². The van der Waals surface area contributed by atoms with Crippen molar-refractivity contribution in [2.75, 3.05) is 14.2 Å². The van der Waals surface area contributed by atoms with Crippen LogP contribution in [0, 0.1) is 17.7 Å². The molecule has 0 saturated carbocycles.